The van der Waals surface area contributed by atoms with Gasteiger partial charge in [-0.2, -0.15) is 0 Å². The average Bonchev–Trinajstić information content (AvgIpc) is 3.13. The van der Waals surface area contributed by atoms with Crippen LogP contribution in [0.1, 0.15) is 30.9 Å². The normalized spacial score (nSPS) is 28.8. The molecule has 3 heterocycles. The molecular weight excluding hydrogens is 710 g/mol. The van der Waals surface area contributed by atoms with Gasteiger partial charge in [0.1, 0.15) is 66.1 Å². The molecule has 0 saturated carbocycles. The van der Waals surface area contributed by atoms with Crippen LogP contribution in [0.2, 0.25) is 0 Å². The molecule has 5 rings (SSSR count). The van der Waals surface area contributed by atoms with E-state index in [2.05, 4.69) is 0 Å². The summed E-state index contributed by atoms with van der Waals surface area (Å²) in [5, 5.41) is 63.2. The van der Waals surface area contributed by atoms with Crippen LogP contribution in [0.25, 0.3) is 0 Å². The molecule has 298 valence electrons. The number of halogens is 4. The number of benzene rings is 2. The summed E-state index contributed by atoms with van der Waals surface area (Å²) >= 11 is 0. The molecule has 8 atom stereocenters. The number of likely N-dealkylation sites (tertiary alicyclic amines) is 2. The number of aliphatic hydroxyl groups is 6. The number of aliphatic hydroxyl groups excluding tert-OH is 6. The number of unbranched alkanes of at least 4 members (excludes halogenated alkanes) is 1. The Labute approximate surface area is 305 Å². The maximum Gasteiger partial charge on any atom is 0.134 e. The fourth-order valence-corrected chi connectivity index (χ4v) is 7.10. The second kappa shape index (κ2) is 19.3. The van der Waals surface area contributed by atoms with Crippen molar-refractivity contribution in [2.45, 2.75) is 81.3 Å². The summed E-state index contributed by atoms with van der Waals surface area (Å²) in [5.41, 5.74) is -0.0203. The van der Waals surface area contributed by atoms with Crippen molar-refractivity contribution in [2.24, 2.45) is 0 Å². The molecule has 3 saturated heterocycles. The minimum atomic E-state index is -1.57. The van der Waals surface area contributed by atoms with Crippen molar-refractivity contribution < 1.29 is 67.4 Å². The molecule has 0 aliphatic carbocycles. The molecule has 0 bridgehead atoms. The predicted molar refractivity (Wildman–Crippen MR) is 182 cm³/mol. The monoisotopic (exact) mass is 761 g/mol. The zero-order chi connectivity index (χ0) is 38.2. The van der Waals surface area contributed by atoms with Gasteiger partial charge in [-0.15, -0.1) is 0 Å². The SMILES string of the molecule is CCCCOc1cc(F)c(CCN2C[C@H](O)[C@@H](O)[C@H](O)[C@@H]2COO[C@H]2CN(CCc3c(F)cc(N4CCOCC4)cc3F)[C@@H](CO)[C@@H](O)[C@@H]2O)c(F)c1. The van der Waals surface area contributed by atoms with Crippen LogP contribution >= 0.6 is 0 Å². The van der Waals surface area contributed by atoms with Crippen LogP contribution in [0.5, 0.6) is 5.75 Å². The number of morpholine rings is 1. The van der Waals surface area contributed by atoms with Crippen LogP contribution in [0, 0.1) is 23.3 Å². The Morgan fingerprint density at radius 2 is 1.32 bits per heavy atom. The first-order valence-electron chi connectivity index (χ1n) is 18.1. The number of anilines is 1. The second-order valence-electron chi connectivity index (χ2n) is 13.8. The lowest BCUT2D eigenvalue weighted by Crippen LogP contribution is -2.64. The van der Waals surface area contributed by atoms with Crippen LogP contribution in [0.3, 0.4) is 0 Å². The topological polar surface area (TPSA) is 168 Å². The van der Waals surface area contributed by atoms with Crippen LogP contribution in [0.15, 0.2) is 24.3 Å². The highest BCUT2D eigenvalue weighted by molar-refractivity contribution is 5.49. The Morgan fingerprint density at radius 1 is 0.755 bits per heavy atom. The Balaban J connectivity index is 1.20. The molecule has 0 spiro atoms. The van der Waals surface area contributed by atoms with E-state index in [0.29, 0.717) is 38.6 Å². The number of nitrogens with zero attached hydrogens (tertiary/aromatic N) is 3. The van der Waals surface area contributed by atoms with Crippen molar-refractivity contribution in [3.05, 3.63) is 58.7 Å². The molecule has 0 aromatic heterocycles. The first kappa shape index (κ1) is 41.5. The third kappa shape index (κ3) is 10.1. The molecule has 17 heteroatoms. The highest BCUT2D eigenvalue weighted by Gasteiger charge is 2.45. The standard InChI is InChI=1S/C36H51F4N3O10/c1-2-3-10-51-22-15-27(39)24(28(40)16-22)4-6-42-17-31(45)35(48)34(47)30(42)20-52-53-32-18-43(29(19-44)33(46)36(32)49)7-5-23-25(37)13-21(14-26(23)38)41-8-11-50-12-9-41/h13-16,29-36,44-49H,2-12,17-20H2,1H3/t29-,30-,31-,32-,33+,34+,35+,36+/m0/s1. The summed E-state index contributed by atoms with van der Waals surface area (Å²) in [7, 11) is 0. The maximum atomic E-state index is 15.1. The van der Waals surface area contributed by atoms with E-state index >= 15 is 8.78 Å². The molecule has 0 unspecified atom stereocenters. The van der Waals surface area contributed by atoms with Gasteiger partial charge in [0.2, 0.25) is 0 Å². The highest BCUT2D eigenvalue weighted by Crippen LogP contribution is 2.28. The third-order valence-electron chi connectivity index (χ3n) is 10.3. The van der Waals surface area contributed by atoms with Crippen molar-refractivity contribution in [1.29, 1.82) is 0 Å². The van der Waals surface area contributed by atoms with Crippen molar-refractivity contribution in [2.75, 3.05) is 77.2 Å². The number of β-amino-alcohol motifs (C(OH)–C–C–N with tert-alkyl or cyclic N) is 1. The van der Waals surface area contributed by atoms with Gasteiger partial charge in [0, 0.05) is 68.2 Å². The van der Waals surface area contributed by atoms with Gasteiger partial charge >= 0.3 is 0 Å². The van der Waals surface area contributed by atoms with E-state index < -0.39 is 85.2 Å². The van der Waals surface area contributed by atoms with Gasteiger partial charge < -0.3 is 45.0 Å². The number of hydrogen-bond donors (Lipinski definition) is 6. The molecule has 2 aromatic carbocycles. The number of rotatable bonds is 16. The van der Waals surface area contributed by atoms with Gasteiger partial charge in [-0.25, -0.2) is 27.3 Å². The van der Waals surface area contributed by atoms with Gasteiger partial charge in [-0.1, -0.05) is 13.3 Å². The van der Waals surface area contributed by atoms with E-state index in [1.54, 1.807) is 0 Å². The van der Waals surface area contributed by atoms with Crippen molar-refractivity contribution in [1.82, 2.24) is 9.80 Å². The zero-order valence-corrected chi connectivity index (χ0v) is 29.7. The van der Waals surface area contributed by atoms with Gasteiger partial charge in [-0.3, -0.25) is 9.80 Å². The van der Waals surface area contributed by atoms with Crippen LogP contribution < -0.4 is 9.64 Å². The van der Waals surface area contributed by atoms with Crippen LogP contribution in [-0.4, -0.2) is 161 Å². The van der Waals surface area contributed by atoms with Gasteiger partial charge in [0.15, 0.2) is 0 Å². The number of ether oxygens (including phenoxy) is 2. The van der Waals surface area contributed by atoms with E-state index in [1.807, 2.05) is 11.8 Å². The van der Waals surface area contributed by atoms with Crippen LogP contribution in [-0.2, 0) is 27.4 Å². The van der Waals surface area contributed by atoms with Crippen LogP contribution in [0.4, 0.5) is 23.2 Å². The molecule has 13 nitrogen and oxygen atoms in total. The highest BCUT2D eigenvalue weighted by atomic mass is 19.1. The van der Waals surface area contributed by atoms with Crippen molar-refractivity contribution >= 4 is 5.69 Å². The number of piperidine rings is 2. The smallest absolute Gasteiger partial charge is 0.134 e. The first-order chi connectivity index (χ1) is 25.4. The molecule has 53 heavy (non-hydrogen) atoms. The molecule has 3 aliphatic rings. The van der Waals surface area contributed by atoms with Gasteiger partial charge in [-0.05, 0) is 31.4 Å². The molecule has 0 amide bonds. The summed E-state index contributed by atoms with van der Waals surface area (Å²) in [4.78, 5) is 15.7. The summed E-state index contributed by atoms with van der Waals surface area (Å²) in [6, 6.07) is 2.68. The second-order valence-corrected chi connectivity index (χ2v) is 13.8. The summed E-state index contributed by atoms with van der Waals surface area (Å²) in [5.74, 6) is -3.08. The largest absolute Gasteiger partial charge is 0.493 e. The van der Waals surface area contributed by atoms with Gasteiger partial charge in [0.25, 0.3) is 0 Å². The lowest BCUT2D eigenvalue weighted by molar-refractivity contribution is -0.362. The van der Waals surface area contributed by atoms with Crippen molar-refractivity contribution in [3.8, 4) is 5.75 Å². The number of hydrogen-bond acceptors (Lipinski definition) is 13. The lowest BCUT2D eigenvalue weighted by Gasteiger charge is -2.45. The summed E-state index contributed by atoms with van der Waals surface area (Å²) in [6.45, 7) is 2.75. The Hall–Kier alpha value is -2.68. The molecule has 3 fully saturated rings. The quantitative estimate of drug-likeness (QED) is 0.0608. The Morgan fingerprint density at radius 3 is 1.91 bits per heavy atom. The van der Waals surface area contributed by atoms with E-state index in [1.165, 1.54) is 21.9 Å². The van der Waals surface area contributed by atoms with Gasteiger partial charge in [0.05, 0.1) is 44.6 Å². The summed E-state index contributed by atoms with van der Waals surface area (Å²) < 4.78 is 70.8. The van der Waals surface area contributed by atoms with E-state index in [4.69, 9.17) is 19.2 Å². The molecule has 6 N–H and O–H groups in total. The fourth-order valence-electron chi connectivity index (χ4n) is 7.10. The molecular formula is C36H51F4N3O10. The van der Waals surface area contributed by atoms with E-state index in [-0.39, 0.29) is 55.9 Å². The van der Waals surface area contributed by atoms with E-state index in [9.17, 15) is 39.4 Å². The Kier molecular flexibility index (Phi) is 15.1. The maximum absolute atomic E-state index is 15.1. The zero-order valence-electron chi connectivity index (χ0n) is 29.7. The molecule has 0 radical (unpaired) electrons. The average molecular weight is 762 g/mol. The molecule has 3 aliphatic heterocycles. The first-order valence-corrected chi connectivity index (χ1v) is 18.1. The fraction of sp³-hybridized carbons (Fsp3) is 0.667. The minimum Gasteiger partial charge on any atom is -0.493 e. The molecule has 2 aromatic rings. The van der Waals surface area contributed by atoms with E-state index in [0.717, 1.165) is 25.0 Å². The predicted octanol–water partition coefficient (Wildman–Crippen LogP) is 0.526. The third-order valence-corrected chi connectivity index (χ3v) is 10.3. The summed E-state index contributed by atoms with van der Waals surface area (Å²) in [6.07, 6.45) is -7.56. The minimum absolute atomic E-state index is 0.0300. The lowest BCUT2D eigenvalue weighted by atomic mass is 9.93. The Bertz CT molecular complexity index is 1430. The van der Waals surface area contributed by atoms with Crippen molar-refractivity contribution in [3.63, 3.8) is 0 Å².